The van der Waals surface area contributed by atoms with Crippen LogP contribution in [0, 0.1) is 0 Å². The second kappa shape index (κ2) is 9.12. The molecule has 0 spiro atoms. The summed E-state index contributed by atoms with van der Waals surface area (Å²) in [7, 11) is 0. The molecule has 29 heavy (non-hydrogen) atoms. The average Bonchev–Trinajstić information content (AvgIpc) is 3.42. The molecule has 5 heteroatoms. The number of amides is 1. The van der Waals surface area contributed by atoms with Crippen molar-refractivity contribution in [3.63, 3.8) is 0 Å². The van der Waals surface area contributed by atoms with Crippen LogP contribution < -0.4 is 0 Å². The van der Waals surface area contributed by atoms with Gasteiger partial charge in [0.25, 0.3) is 5.91 Å². The summed E-state index contributed by atoms with van der Waals surface area (Å²) in [6, 6.07) is 25.8. The van der Waals surface area contributed by atoms with Crippen LogP contribution in [0.5, 0.6) is 0 Å². The first-order valence-corrected chi connectivity index (χ1v) is 10.7. The van der Waals surface area contributed by atoms with Gasteiger partial charge in [-0.15, -0.1) is 11.3 Å². The summed E-state index contributed by atoms with van der Waals surface area (Å²) < 4.78 is 2.15. The maximum absolute atomic E-state index is 13.2. The summed E-state index contributed by atoms with van der Waals surface area (Å²) in [5.74, 6) is 0.0503. The van der Waals surface area contributed by atoms with E-state index < -0.39 is 0 Å². The molecule has 0 N–H and O–H groups in total. The summed E-state index contributed by atoms with van der Waals surface area (Å²) in [4.78, 5) is 15.8. The Morgan fingerprint density at radius 1 is 0.897 bits per heavy atom. The molecule has 0 fully saturated rings. The van der Waals surface area contributed by atoms with Crippen molar-refractivity contribution in [2.75, 3.05) is 0 Å². The van der Waals surface area contributed by atoms with E-state index in [1.807, 2.05) is 77.1 Å². The normalized spacial score (nSPS) is 10.8. The molecule has 2 aromatic carbocycles. The molecular weight excluding hydrogens is 400 g/mol. The maximum atomic E-state index is 13.2. The van der Waals surface area contributed by atoms with E-state index in [1.54, 1.807) is 0 Å². The summed E-state index contributed by atoms with van der Waals surface area (Å²) in [5.41, 5.74) is 3.25. The number of carbonyl (C=O) groups excluding carboxylic acids is 1. The third kappa shape index (κ3) is 4.78. The zero-order valence-electron chi connectivity index (χ0n) is 15.9. The standard InChI is InChI=1S/C24H21ClN2OS/c25-22-12-5-4-10-20(22)17-26-14-6-11-21(26)18-27(16-19-8-2-1-3-9-19)24(28)23-13-7-15-29-23/h1-15H,16-18H2. The smallest absolute Gasteiger partial charge is 0.264 e. The minimum absolute atomic E-state index is 0.0503. The van der Waals surface area contributed by atoms with Crippen molar-refractivity contribution in [2.24, 2.45) is 0 Å². The molecule has 146 valence electrons. The summed E-state index contributed by atoms with van der Waals surface area (Å²) >= 11 is 7.82. The van der Waals surface area contributed by atoms with Crippen molar-refractivity contribution >= 4 is 28.8 Å². The predicted octanol–water partition coefficient (Wildman–Crippen LogP) is 6.09. The van der Waals surface area contributed by atoms with Gasteiger partial charge in [-0.05, 0) is 40.8 Å². The molecule has 0 atom stereocenters. The highest BCUT2D eigenvalue weighted by Gasteiger charge is 2.19. The van der Waals surface area contributed by atoms with Gasteiger partial charge in [0, 0.05) is 30.0 Å². The molecule has 3 nitrogen and oxygen atoms in total. The molecule has 0 saturated heterocycles. The van der Waals surface area contributed by atoms with Crippen LogP contribution >= 0.6 is 22.9 Å². The van der Waals surface area contributed by atoms with E-state index in [0.717, 1.165) is 26.7 Å². The molecule has 0 bridgehead atoms. The highest BCUT2D eigenvalue weighted by molar-refractivity contribution is 7.12. The number of carbonyl (C=O) groups is 1. The van der Waals surface area contributed by atoms with E-state index in [2.05, 4.69) is 22.8 Å². The zero-order valence-corrected chi connectivity index (χ0v) is 17.4. The van der Waals surface area contributed by atoms with Crippen LogP contribution in [0.1, 0.15) is 26.5 Å². The third-order valence-electron chi connectivity index (χ3n) is 4.81. The number of rotatable bonds is 7. The zero-order chi connectivity index (χ0) is 20.1. The molecule has 4 aromatic rings. The van der Waals surface area contributed by atoms with Gasteiger partial charge in [-0.1, -0.05) is 66.2 Å². The number of thiophene rings is 1. The molecule has 2 aromatic heterocycles. The van der Waals surface area contributed by atoms with Gasteiger partial charge in [-0.2, -0.15) is 0 Å². The van der Waals surface area contributed by atoms with Crippen molar-refractivity contribution in [3.8, 4) is 0 Å². The van der Waals surface area contributed by atoms with E-state index in [-0.39, 0.29) is 5.91 Å². The van der Waals surface area contributed by atoms with Crippen LogP contribution in [-0.2, 0) is 19.6 Å². The Labute approximate surface area is 179 Å². The number of halogens is 1. The SMILES string of the molecule is O=C(c1cccs1)N(Cc1ccccc1)Cc1cccn1Cc1ccccc1Cl. The Kier molecular flexibility index (Phi) is 6.13. The molecule has 0 aliphatic rings. The van der Waals surface area contributed by atoms with Gasteiger partial charge in [0.2, 0.25) is 0 Å². The predicted molar refractivity (Wildman–Crippen MR) is 119 cm³/mol. The average molecular weight is 421 g/mol. The van der Waals surface area contributed by atoms with Crippen molar-refractivity contribution in [2.45, 2.75) is 19.6 Å². The second-order valence-corrected chi connectivity index (χ2v) is 8.20. The van der Waals surface area contributed by atoms with E-state index >= 15 is 0 Å². The monoisotopic (exact) mass is 420 g/mol. The third-order valence-corrected chi connectivity index (χ3v) is 6.04. The van der Waals surface area contributed by atoms with E-state index in [9.17, 15) is 4.79 Å². The van der Waals surface area contributed by atoms with E-state index in [0.29, 0.717) is 19.6 Å². The lowest BCUT2D eigenvalue weighted by Gasteiger charge is -2.23. The Morgan fingerprint density at radius 3 is 2.45 bits per heavy atom. The molecule has 0 unspecified atom stereocenters. The van der Waals surface area contributed by atoms with Crippen molar-refractivity contribution < 1.29 is 4.79 Å². The fourth-order valence-corrected chi connectivity index (χ4v) is 4.20. The van der Waals surface area contributed by atoms with Crippen LogP contribution in [0.4, 0.5) is 0 Å². The summed E-state index contributed by atoms with van der Waals surface area (Å²) in [6.45, 7) is 1.77. The lowest BCUT2D eigenvalue weighted by atomic mass is 10.2. The first kappa shape index (κ1) is 19.5. The highest BCUT2D eigenvalue weighted by atomic mass is 35.5. The van der Waals surface area contributed by atoms with Gasteiger partial charge in [-0.25, -0.2) is 0 Å². The van der Waals surface area contributed by atoms with Crippen LogP contribution in [0.25, 0.3) is 0 Å². The molecule has 0 saturated carbocycles. The van der Waals surface area contributed by atoms with Crippen LogP contribution in [-0.4, -0.2) is 15.4 Å². The Morgan fingerprint density at radius 2 is 1.69 bits per heavy atom. The number of hydrogen-bond donors (Lipinski definition) is 0. The quantitative estimate of drug-likeness (QED) is 0.355. The molecule has 2 heterocycles. The van der Waals surface area contributed by atoms with Gasteiger partial charge in [0.1, 0.15) is 0 Å². The van der Waals surface area contributed by atoms with Crippen molar-refractivity contribution in [3.05, 3.63) is 117 Å². The molecule has 0 aliphatic carbocycles. The minimum atomic E-state index is 0.0503. The van der Waals surface area contributed by atoms with Gasteiger partial charge in [0.05, 0.1) is 11.4 Å². The first-order valence-electron chi connectivity index (χ1n) is 9.45. The molecule has 1 amide bonds. The van der Waals surface area contributed by atoms with Crippen LogP contribution in [0.15, 0.2) is 90.4 Å². The van der Waals surface area contributed by atoms with Gasteiger partial charge < -0.3 is 9.47 Å². The summed E-state index contributed by atoms with van der Waals surface area (Å²) in [5, 5.41) is 2.69. The lowest BCUT2D eigenvalue weighted by Crippen LogP contribution is -2.30. The molecule has 4 rings (SSSR count). The fraction of sp³-hybridized carbons (Fsp3) is 0.125. The second-order valence-electron chi connectivity index (χ2n) is 6.84. The highest BCUT2D eigenvalue weighted by Crippen LogP contribution is 2.20. The topological polar surface area (TPSA) is 25.2 Å². The van der Waals surface area contributed by atoms with Crippen molar-refractivity contribution in [1.82, 2.24) is 9.47 Å². The van der Waals surface area contributed by atoms with E-state index in [4.69, 9.17) is 11.6 Å². The molecule has 0 aliphatic heterocycles. The lowest BCUT2D eigenvalue weighted by molar-refractivity contribution is 0.0731. The van der Waals surface area contributed by atoms with Crippen LogP contribution in [0.2, 0.25) is 5.02 Å². The Hall–Kier alpha value is -2.82. The van der Waals surface area contributed by atoms with Crippen molar-refractivity contribution in [1.29, 1.82) is 0 Å². The minimum Gasteiger partial charge on any atom is -0.345 e. The summed E-state index contributed by atoms with van der Waals surface area (Å²) in [6.07, 6.45) is 2.04. The number of hydrogen-bond acceptors (Lipinski definition) is 2. The number of aromatic nitrogens is 1. The first-order chi connectivity index (χ1) is 14.2. The largest absolute Gasteiger partial charge is 0.345 e. The number of benzene rings is 2. The fourth-order valence-electron chi connectivity index (χ4n) is 3.31. The Balaban J connectivity index is 1.59. The van der Waals surface area contributed by atoms with Gasteiger partial charge >= 0.3 is 0 Å². The maximum Gasteiger partial charge on any atom is 0.264 e. The van der Waals surface area contributed by atoms with Gasteiger partial charge in [-0.3, -0.25) is 4.79 Å². The van der Waals surface area contributed by atoms with Crippen LogP contribution in [0.3, 0.4) is 0 Å². The Bertz CT molecular complexity index is 1070. The van der Waals surface area contributed by atoms with Gasteiger partial charge in [0.15, 0.2) is 0 Å². The molecular formula is C24H21ClN2OS. The molecule has 0 radical (unpaired) electrons. The van der Waals surface area contributed by atoms with E-state index in [1.165, 1.54) is 11.3 Å². The number of nitrogens with zero attached hydrogens (tertiary/aromatic N) is 2.